The quantitative estimate of drug-likeness (QED) is 0.0767. The van der Waals surface area contributed by atoms with E-state index in [0.29, 0.717) is 25.6 Å². The molecule has 10 nitrogen and oxygen atoms in total. The highest BCUT2D eigenvalue weighted by Crippen LogP contribution is 2.37. The molecule has 0 aromatic carbocycles. The van der Waals surface area contributed by atoms with Crippen LogP contribution in [0.15, 0.2) is 36.0 Å². The Kier molecular flexibility index (Phi) is 17.0. The summed E-state index contributed by atoms with van der Waals surface area (Å²) < 4.78 is 18.8. The lowest BCUT2D eigenvalue weighted by Crippen LogP contribution is -3.00. The van der Waals surface area contributed by atoms with Gasteiger partial charge in [0, 0.05) is 11.8 Å². The molecular weight excluding hydrogens is 763 g/mol. The molecule has 1 aliphatic carbocycles. The summed E-state index contributed by atoms with van der Waals surface area (Å²) in [5, 5.41) is 32.4. The van der Waals surface area contributed by atoms with Crippen LogP contribution in [0.3, 0.4) is 0 Å². The third-order valence-electron chi connectivity index (χ3n) is 12.0. The number of likely N-dealkylation sites (N-methyl/N-ethyl adjacent to an activating group) is 1. The van der Waals surface area contributed by atoms with Crippen LogP contribution in [0.2, 0.25) is 0 Å². The number of quaternary nitrogens is 1. The maximum Gasteiger partial charge on any atom is 0.410 e. The first kappa shape index (κ1) is 43.9. The lowest BCUT2D eigenvalue weighted by molar-refractivity contribution is -0.938. The minimum absolute atomic E-state index is 0. The van der Waals surface area contributed by atoms with Gasteiger partial charge in [0.15, 0.2) is 6.10 Å². The van der Waals surface area contributed by atoms with Gasteiger partial charge in [-0.1, -0.05) is 58.4 Å². The lowest BCUT2D eigenvalue weighted by Gasteiger charge is -2.48. The van der Waals surface area contributed by atoms with Crippen LogP contribution in [-0.4, -0.2) is 118 Å². The van der Waals surface area contributed by atoms with Crippen molar-refractivity contribution in [1.82, 2.24) is 4.90 Å². The van der Waals surface area contributed by atoms with Crippen LogP contribution in [-0.2, 0) is 19.0 Å². The van der Waals surface area contributed by atoms with Crippen molar-refractivity contribution in [1.29, 1.82) is 0 Å². The zero-order valence-corrected chi connectivity index (χ0v) is 34.4. The Morgan fingerprint density at radius 1 is 1.16 bits per heavy atom. The number of nitrogens with zero attached hydrogens (tertiary/aromatic N) is 2. The van der Waals surface area contributed by atoms with E-state index in [1.54, 1.807) is 17.9 Å². The normalized spacial score (nSPS) is 35.0. The van der Waals surface area contributed by atoms with Gasteiger partial charge in [0.25, 0.3) is 0 Å². The summed E-state index contributed by atoms with van der Waals surface area (Å²) >= 11 is 0. The fourth-order valence-corrected chi connectivity index (χ4v) is 8.14. The molecule has 3 heterocycles. The molecule has 0 aromatic heterocycles. The molecule has 0 spiro atoms. The molecule has 3 aliphatic heterocycles. The predicted molar refractivity (Wildman–Crippen MR) is 194 cm³/mol. The first-order valence-corrected chi connectivity index (χ1v) is 19.4. The highest BCUT2D eigenvalue weighted by atomic mass is 127. The number of aliphatic hydroxyl groups excluding tert-OH is 2. The lowest BCUT2D eigenvalue weighted by atomic mass is 9.88. The molecule has 0 bridgehead atoms. The highest BCUT2D eigenvalue weighted by Gasteiger charge is 2.45. The van der Waals surface area contributed by atoms with Crippen molar-refractivity contribution in [2.45, 2.75) is 154 Å². The molecule has 10 atom stereocenters. The Bertz CT molecular complexity index is 1210. The molecule has 1 saturated carbocycles. The maximum atomic E-state index is 13.5. The van der Waals surface area contributed by atoms with Crippen LogP contribution in [0.4, 0.5) is 4.79 Å². The van der Waals surface area contributed by atoms with E-state index in [1.165, 1.54) is 32.1 Å². The van der Waals surface area contributed by atoms with Crippen LogP contribution in [0.25, 0.3) is 0 Å². The van der Waals surface area contributed by atoms with Crippen LogP contribution in [0, 0.1) is 17.8 Å². The Hall–Kier alpha value is -1.51. The number of rotatable bonds is 10. The van der Waals surface area contributed by atoms with Gasteiger partial charge in [-0.3, -0.25) is 9.69 Å². The van der Waals surface area contributed by atoms with Crippen molar-refractivity contribution in [3.8, 4) is 0 Å². The number of hydrogen-bond donors (Lipinski definition) is 3. The van der Waals surface area contributed by atoms with Crippen molar-refractivity contribution in [2.24, 2.45) is 17.8 Å². The second-order valence-corrected chi connectivity index (χ2v) is 16.4. The third kappa shape index (κ3) is 12.5. The molecule has 1 amide bonds. The first-order chi connectivity index (χ1) is 23.6. The van der Waals surface area contributed by atoms with Gasteiger partial charge in [-0.25, -0.2) is 4.79 Å². The van der Waals surface area contributed by atoms with Crippen LogP contribution in [0.1, 0.15) is 106 Å². The number of allylic oxidation sites excluding steroid dienone is 3. The van der Waals surface area contributed by atoms with E-state index in [2.05, 4.69) is 20.0 Å². The minimum atomic E-state index is -1.45. The number of epoxide rings is 1. The topological polar surface area (TPSA) is 129 Å². The number of amides is 1. The second-order valence-electron chi connectivity index (χ2n) is 16.4. The summed E-state index contributed by atoms with van der Waals surface area (Å²) in [6.45, 7) is 14.6. The summed E-state index contributed by atoms with van der Waals surface area (Å²) in [6.07, 6.45) is 14.6. The smallest absolute Gasteiger partial charge is 0.410 e. The van der Waals surface area contributed by atoms with Crippen molar-refractivity contribution >= 4 is 12.1 Å². The predicted octanol–water partition coefficient (Wildman–Crippen LogP) is 2.69. The number of carbonyl (C=O) groups excluding carboxylic acids is 2. The standard InChI is InChI=1S/C40H67N2O8.HI/c1-8-33(44)30(5)38-34(48-38)25-27(2)13-12-14-28(3)37-29(4)17-18-35(40(6,47)20-19-32(43)26-36(45)50-37)49-39(46)41-21-23-42(7,24-22-41)31-15-10-9-11-16-31;/h12-14,17-18,27,29-35,37-38,43-44,47H,8-11,15-16,19-26H2,1-7H3;1H/q+1;/p-1/b13-12+,18-17+,28-14+;/t27-,29+,30-,32-,33+,34-,35+,37-,38-,40-;/m1./s1. The Morgan fingerprint density at radius 3 is 2.47 bits per heavy atom. The van der Waals surface area contributed by atoms with E-state index in [0.717, 1.165) is 29.6 Å². The number of esters is 1. The molecule has 0 aromatic rings. The number of cyclic esters (lactones) is 1. The SMILES string of the molecule is CC[C@H](O)[C@@H](C)[C@H]1O[C@@H]1C[C@H](C)/C=C/C=C(\C)[C@H]1OC(=O)C[C@H](O)CC[C@@](C)(O)[C@@H](OC(=O)N2CC[N+](C)(C3CCCCC3)CC2)/C=C/[C@@H]1C.[I-]. The second kappa shape index (κ2) is 19.7. The molecule has 4 rings (SSSR count). The molecule has 3 fully saturated rings. The Morgan fingerprint density at radius 2 is 1.82 bits per heavy atom. The summed E-state index contributed by atoms with van der Waals surface area (Å²) in [5.74, 6) is -0.431. The summed E-state index contributed by atoms with van der Waals surface area (Å²) in [4.78, 5) is 28.2. The number of aliphatic hydroxyl groups is 3. The van der Waals surface area contributed by atoms with Gasteiger partial charge in [0.05, 0.1) is 70.1 Å². The average Bonchev–Trinajstić information content (AvgIpc) is 3.86. The van der Waals surface area contributed by atoms with Gasteiger partial charge in [-0.05, 0) is 82.8 Å². The zero-order chi connectivity index (χ0) is 36.6. The van der Waals surface area contributed by atoms with Crippen LogP contribution in [0.5, 0.6) is 0 Å². The minimum Gasteiger partial charge on any atom is -1.00 e. The molecule has 51 heavy (non-hydrogen) atoms. The molecule has 11 heteroatoms. The van der Waals surface area contributed by atoms with Crippen molar-refractivity contribution in [2.75, 3.05) is 33.2 Å². The van der Waals surface area contributed by atoms with E-state index in [9.17, 15) is 24.9 Å². The number of ether oxygens (including phenoxy) is 3. The van der Waals surface area contributed by atoms with E-state index in [-0.39, 0.29) is 79.3 Å². The number of carbonyl (C=O) groups is 2. The molecule has 4 aliphatic rings. The fourth-order valence-electron chi connectivity index (χ4n) is 8.14. The van der Waals surface area contributed by atoms with Gasteiger partial charge in [0.2, 0.25) is 0 Å². The van der Waals surface area contributed by atoms with Crippen molar-refractivity contribution in [3.63, 3.8) is 0 Å². The number of piperazine rings is 1. The van der Waals surface area contributed by atoms with Crippen LogP contribution < -0.4 is 24.0 Å². The Balaban J connectivity index is 0.00000702. The Labute approximate surface area is 324 Å². The third-order valence-corrected chi connectivity index (χ3v) is 12.0. The van der Waals surface area contributed by atoms with Gasteiger partial charge in [0.1, 0.15) is 11.7 Å². The van der Waals surface area contributed by atoms with Gasteiger partial charge in [-0.15, -0.1) is 0 Å². The van der Waals surface area contributed by atoms with E-state index in [4.69, 9.17) is 14.2 Å². The summed E-state index contributed by atoms with van der Waals surface area (Å²) in [6, 6.07) is 0.656. The highest BCUT2D eigenvalue weighted by molar-refractivity contribution is 5.70. The molecular formula is C40H67IN2O8. The molecule has 0 radical (unpaired) electrons. The van der Waals surface area contributed by atoms with Crippen molar-refractivity contribution < 1.29 is 67.6 Å². The molecule has 2 saturated heterocycles. The number of hydrogen-bond acceptors (Lipinski definition) is 8. The molecule has 292 valence electrons. The first-order valence-electron chi connectivity index (χ1n) is 19.4. The maximum absolute atomic E-state index is 13.5. The van der Waals surface area contributed by atoms with Gasteiger partial charge >= 0.3 is 12.1 Å². The van der Waals surface area contributed by atoms with E-state index >= 15 is 0 Å². The summed E-state index contributed by atoms with van der Waals surface area (Å²) in [7, 11) is 2.32. The average molecular weight is 831 g/mol. The molecule has 3 N–H and O–H groups in total. The monoisotopic (exact) mass is 830 g/mol. The van der Waals surface area contributed by atoms with Crippen LogP contribution >= 0.6 is 0 Å². The summed E-state index contributed by atoms with van der Waals surface area (Å²) in [5.41, 5.74) is -0.618. The van der Waals surface area contributed by atoms with Gasteiger partial charge in [-0.2, -0.15) is 0 Å². The fraction of sp³-hybridized carbons (Fsp3) is 0.800. The van der Waals surface area contributed by atoms with E-state index in [1.807, 2.05) is 45.9 Å². The largest absolute Gasteiger partial charge is 1.00 e. The zero-order valence-electron chi connectivity index (χ0n) is 32.2. The van der Waals surface area contributed by atoms with E-state index < -0.39 is 36.0 Å². The van der Waals surface area contributed by atoms with Crippen molar-refractivity contribution in [3.05, 3.63) is 36.0 Å². The van der Waals surface area contributed by atoms with Gasteiger partial charge < -0.3 is 58.0 Å². The molecule has 0 unspecified atom stereocenters. The number of halogens is 1.